The van der Waals surface area contributed by atoms with Crippen LogP contribution < -0.4 is 10.2 Å². The number of rotatable bonds is 6. The van der Waals surface area contributed by atoms with Crippen molar-refractivity contribution in [1.29, 1.82) is 0 Å². The van der Waals surface area contributed by atoms with Crippen molar-refractivity contribution in [3.05, 3.63) is 69.7 Å². The van der Waals surface area contributed by atoms with Crippen molar-refractivity contribution < 1.29 is 14.6 Å². The van der Waals surface area contributed by atoms with Gasteiger partial charge >= 0.3 is 0 Å². The minimum absolute atomic E-state index is 0.120. The fourth-order valence-electron chi connectivity index (χ4n) is 2.82. The Labute approximate surface area is 172 Å². The van der Waals surface area contributed by atoms with Gasteiger partial charge in [0.25, 0.3) is 0 Å². The Hall–Kier alpha value is -2.76. The summed E-state index contributed by atoms with van der Waals surface area (Å²) in [4.78, 5) is 12.3. The van der Waals surface area contributed by atoms with Crippen molar-refractivity contribution in [2.24, 2.45) is 5.10 Å². The number of nitrogens with one attached hydrogen (secondary N) is 1. The van der Waals surface area contributed by atoms with Gasteiger partial charge in [-0.1, -0.05) is 65.7 Å². The number of nitrogens with zero attached hydrogens (tertiary/aromatic N) is 1. The summed E-state index contributed by atoms with van der Waals surface area (Å²) < 4.78 is 5.32. The molecule has 0 heterocycles. The number of carbonyl (C=O) groups is 1. The highest BCUT2D eigenvalue weighted by Crippen LogP contribution is 2.39. The van der Waals surface area contributed by atoms with E-state index >= 15 is 0 Å². The molecule has 0 aliphatic rings. The molecule has 0 bridgehead atoms. The fraction of sp³-hybridized carbons (Fsp3) is 0.143. The minimum atomic E-state index is -0.296. The van der Waals surface area contributed by atoms with Crippen LogP contribution in [-0.4, -0.2) is 23.8 Å². The Balaban J connectivity index is 1.75. The Morgan fingerprint density at radius 3 is 2.75 bits per heavy atom. The van der Waals surface area contributed by atoms with Gasteiger partial charge in [0, 0.05) is 6.07 Å². The summed E-state index contributed by atoms with van der Waals surface area (Å²) in [7, 11) is 0. The van der Waals surface area contributed by atoms with E-state index in [9.17, 15) is 9.90 Å². The average molecular weight is 417 g/mol. The highest BCUT2D eigenvalue weighted by Gasteiger charge is 2.15. The second-order valence-electron chi connectivity index (χ2n) is 5.97. The van der Waals surface area contributed by atoms with Gasteiger partial charge in [0.1, 0.15) is 0 Å². The van der Waals surface area contributed by atoms with Crippen molar-refractivity contribution in [3.63, 3.8) is 0 Å². The molecule has 28 heavy (non-hydrogen) atoms. The maximum Gasteiger partial charge on any atom is 0.244 e. The zero-order valence-corrected chi connectivity index (χ0v) is 16.6. The molecule has 0 aromatic heterocycles. The second kappa shape index (κ2) is 8.95. The van der Waals surface area contributed by atoms with Crippen molar-refractivity contribution >= 4 is 46.1 Å². The average Bonchev–Trinajstić information content (AvgIpc) is 2.69. The van der Waals surface area contributed by atoms with E-state index in [-0.39, 0.29) is 39.4 Å². The summed E-state index contributed by atoms with van der Waals surface area (Å²) in [6, 6.07) is 15.1. The lowest BCUT2D eigenvalue weighted by Crippen LogP contribution is -2.20. The smallest absolute Gasteiger partial charge is 0.244 e. The summed E-state index contributed by atoms with van der Waals surface area (Å²) in [5.41, 5.74) is 3.51. The summed E-state index contributed by atoms with van der Waals surface area (Å²) in [5.74, 6) is -0.293. The van der Waals surface area contributed by atoms with Crippen molar-refractivity contribution in [1.82, 2.24) is 5.43 Å². The van der Waals surface area contributed by atoms with Gasteiger partial charge < -0.3 is 9.84 Å². The lowest BCUT2D eigenvalue weighted by molar-refractivity contribution is -0.120. The molecule has 5 nitrogen and oxygen atoms in total. The molecular formula is C21H18Cl2N2O3. The van der Waals surface area contributed by atoms with E-state index in [1.165, 1.54) is 12.3 Å². The lowest BCUT2D eigenvalue weighted by Gasteiger charge is -2.11. The number of hydrogen-bond acceptors (Lipinski definition) is 4. The molecule has 0 aliphatic carbocycles. The summed E-state index contributed by atoms with van der Waals surface area (Å²) in [6.07, 6.45) is 1.41. The molecular weight excluding hydrogens is 399 g/mol. The van der Waals surface area contributed by atoms with Crippen molar-refractivity contribution in [2.45, 2.75) is 13.3 Å². The third-order valence-electron chi connectivity index (χ3n) is 4.11. The van der Waals surface area contributed by atoms with E-state index in [4.69, 9.17) is 27.9 Å². The summed E-state index contributed by atoms with van der Waals surface area (Å²) in [6.45, 7) is 2.13. The third kappa shape index (κ3) is 4.38. The molecule has 144 valence electrons. The molecule has 7 heteroatoms. The number of amides is 1. The Kier molecular flexibility index (Phi) is 6.39. The number of hydrogen-bond donors (Lipinski definition) is 2. The first kappa shape index (κ1) is 20.0. The first-order valence-corrected chi connectivity index (χ1v) is 9.39. The van der Waals surface area contributed by atoms with Crippen LogP contribution in [0, 0.1) is 0 Å². The maximum absolute atomic E-state index is 12.3. The number of phenolic OH excluding ortho intramolecular Hbond substituents is 1. The van der Waals surface area contributed by atoms with Crippen molar-refractivity contribution in [3.8, 4) is 11.5 Å². The van der Waals surface area contributed by atoms with Gasteiger partial charge in [-0.3, -0.25) is 4.79 Å². The highest BCUT2D eigenvalue weighted by molar-refractivity contribution is 6.43. The molecule has 0 fully saturated rings. The van der Waals surface area contributed by atoms with E-state index in [2.05, 4.69) is 10.5 Å². The van der Waals surface area contributed by atoms with Crippen LogP contribution in [0.3, 0.4) is 0 Å². The predicted molar refractivity (Wildman–Crippen MR) is 113 cm³/mol. The molecule has 2 N–H and O–H groups in total. The number of hydrazone groups is 1. The van der Waals surface area contributed by atoms with Crippen LogP contribution in [0.2, 0.25) is 10.0 Å². The van der Waals surface area contributed by atoms with E-state index in [0.717, 1.165) is 16.3 Å². The van der Waals surface area contributed by atoms with Gasteiger partial charge in [0.2, 0.25) is 5.91 Å². The number of aromatic hydroxyl groups is 1. The normalized spacial score (nSPS) is 11.1. The topological polar surface area (TPSA) is 70.9 Å². The SMILES string of the molecule is CCOc1cc(Cl)c(Cl)c(C=NNC(=O)Cc2cccc3ccccc23)c1O. The fourth-order valence-corrected chi connectivity index (χ4v) is 3.22. The zero-order valence-electron chi connectivity index (χ0n) is 15.1. The van der Waals surface area contributed by atoms with Gasteiger partial charge in [-0.25, -0.2) is 5.43 Å². The zero-order chi connectivity index (χ0) is 20.1. The largest absolute Gasteiger partial charge is 0.504 e. The number of ether oxygens (including phenoxy) is 1. The maximum atomic E-state index is 12.3. The van der Waals surface area contributed by atoms with Crippen LogP contribution in [0.15, 0.2) is 53.6 Å². The molecule has 3 aromatic rings. The Morgan fingerprint density at radius 2 is 1.96 bits per heavy atom. The highest BCUT2D eigenvalue weighted by atomic mass is 35.5. The van der Waals surface area contributed by atoms with Crippen LogP contribution in [-0.2, 0) is 11.2 Å². The van der Waals surface area contributed by atoms with E-state index in [1.807, 2.05) is 42.5 Å². The Morgan fingerprint density at radius 1 is 1.21 bits per heavy atom. The minimum Gasteiger partial charge on any atom is -0.504 e. The van der Waals surface area contributed by atoms with E-state index in [0.29, 0.717) is 6.61 Å². The molecule has 1 amide bonds. The second-order valence-corrected chi connectivity index (χ2v) is 6.76. The number of carbonyl (C=O) groups excluding carboxylic acids is 1. The van der Waals surface area contributed by atoms with E-state index < -0.39 is 0 Å². The molecule has 0 unspecified atom stereocenters. The third-order valence-corrected chi connectivity index (χ3v) is 4.91. The molecule has 0 radical (unpaired) electrons. The van der Waals surface area contributed by atoms with E-state index in [1.54, 1.807) is 6.92 Å². The number of benzene rings is 3. The standard InChI is InChI=1S/C21H18Cl2N2O3/c1-2-28-18-11-17(22)20(23)16(21(18)27)12-24-25-19(26)10-14-8-5-7-13-6-3-4-9-15(13)14/h3-9,11-12,27H,2,10H2,1H3,(H,25,26). The summed E-state index contributed by atoms with van der Waals surface area (Å²) >= 11 is 12.2. The monoisotopic (exact) mass is 416 g/mol. The van der Waals surface area contributed by atoms with Gasteiger partial charge in [0.15, 0.2) is 11.5 Å². The lowest BCUT2D eigenvalue weighted by atomic mass is 10.0. The summed E-state index contributed by atoms with van der Waals surface area (Å²) in [5, 5.41) is 16.6. The molecule has 3 aromatic carbocycles. The number of phenols is 1. The van der Waals surface area contributed by atoms with Gasteiger partial charge in [0.05, 0.1) is 34.9 Å². The van der Waals surface area contributed by atoms with Crippen LogP contribution in [0.1, 0.15) is 18.1 Å². The van der Waals surface area contributed by atoms with Crippen molar-refractivity contribution in [2.75, 3.05) is 6.61 Å². The predicted octanol–water partition coefficient (Wildman–Crippen LogP) is 4.94. The quantitative estimate of drug-likeness (QED) is 0.441. The molecule has 0 saturated heterocycles. The molecule has 0 saturated carbocycles. The van der Waals surface area contributed by atoms with Gasteiger partial charge in [-0.15, -0.1) is 0 Å². The Bertz CT molecular complexity index is 1050. The van der Waals surface area contributed by atoms with Gasteiger partial charge in [-0.2, -0.15) is 5.10 Å². The number of halogens is 2. The van der Waals surface area contributed by atoms with Gasteiger partial charge in [-0.05, 0) is 23.3 Å². The van der Waals surface area contributed by atoms with Crippen LogP contribution >= 0.6 is 23.2 Å². The first-order valence-electron chi connectivity index (χ1n) is 8.63. The molecule has 3 rings (SSSR count). The molecule has 0 aliphatic heterocycles. The van der Waals surface area contributed by atoms with Crippen LogP contribution in [0.4, 0.5) is 0 Å². The van der Waals surface area contributed by atoms with Crippen LogP contribution in [0.5, 0.6) is 11.5 Å². The van der Waals surface area contributed by atoms with Crippen LogP contribution in [0.25, 0.3) is 10.8 Å². The molecule has 0 spiro atoms. The molecule has 0 atom stereocenters. The number of fused-ring (bicyclic) bond motifs is 1. The first-order chi connectivity index (χ1) is 13.5.